The molecule has 3 aromatic heterocycles. The molecule has 190 valence electrons. The Morgan fingerprint density at radius 3 is 1.85 bits per heavy atom. The molecule has 0 bridgehead atoms. The van der Waals surface area contributed by atoms with Crippen molar-refractivity contribution in [1.82, 2.24) is 14.5 Å². The van der Waals surface area contributed by atoms with Crippen LogP contribution in [-0.4, -0.2) is 14.5 Å². The minimum atomic E-state index is 0.966. The molecule has 3 aromatic carbocycles. The molecule has 3 heteroatoms. The molecule has 0 saturated heterocycles. The number of hydrogen-bond acceptors (Lipinski definition) is 2. The third-order valence-corrected chi connectivity index (χ3v) is 7.95. The van der Waals surface area contributed by atoms with E-state index in [1.54, 1.807) is 0 Å². The number of rotatable bonds is 4. The summed E-state index contributed by atoms with van der Waals surface area (Å²) in [6, 6.07) is 38.4. The van der Waals surface area contributed by atoms with E-state index < -0.39 is 0 Å². The van der Waals surface area contributed by atoms with Crippen molar-refractivity contribution in [2.45, 2.75) is 38.5 Å². The third-order valence-electron chi connectivity index (χ3n) is 7.95. The van der Waals surface area contributed by atoms with E-state index >= 15 is 0 Å². The van der Waals surface area contributed by atoms with E-state index in [0.717, 1.165) is 52.3 Å². The summed E-state index contributed by atoms with van der Waals surface area (Å²) in [5, 5.41) is 1.38. The molecule has 0 atom stereocenters. The van der Waals surface area contributed by atoms with Crippen LogP contribution in [0.4, 0.5) is 0 Å². The van der Waals surface area contributed by atoms with E-state index in [1.165, 1.54) is 47.8 Å². The fourth-order valence-corrected chi connectivity index (χ4v) is 6.01. The minimum absolute atomic E-state index is 0.966. The summed E-state index contributed by atoms with van der Waals surface area (Å²) in [5.41, 5.74) is 10.6. The van der Waals surface area contributed by atoms with E-state index in [0.29, 0.717) is 0 Å². The Labute approximate surface area is 229 Å². The first-order valence-electron chi connectivity index (χ1n) is 14.1. The summed E-state index contributed by atoms with van der Waals surface area (Å²) in [7, 11) is 0. The highest BCUT2D eigenvalue weighted by atomic mass is 15.1. The Morgan fingerprint density at radius 2 is 1.18 bits per heavy atom. The second-order valence-electron chi connectivity index (χ2n) is 10.5. The van der Waals surface area contributed by atoms with Crippen molar-refractivity contribution in [3.63, 3.8) is 0 Å². The summed E-state index contributed by atoms with van der Waals surface area (Å²) in [5.74, 6) is 0.998. The van der Waals surface area contributed by atoms with Crippen LogP contribution in [0.1, 0.15) is 36.9 Å². The Morgan fingerprint density at radius 1 is 0.538 bits per heavy atom. The van der Waals surface area contributed by atoms with Gasteiger partial charge in [-0.15, -0.1) is 0 Å². The van der Waals surface area contributed by atoms with E-state index in [-0.39, 0.29) is 0 Å². The molecule has 3 heterocycles. The normalized spacial score (nSPS) is 13.5. The standard InChI is InChI=1S/C36H31N3/c1-2-10-19-34-30(17-9-1)31-18-11-12-20-35(31)39(34)36-22-21-28(25-37-36)29-23-32(26-13-5-3-6-14-26)38-33(24-29)27-15-7-4-8-16-27/h3-8,11-16,18,20-25H,1-2,9-10,17,19H2. The van der Waals surface area contributed by atoms with Gasteiger partial charge in [0.1, 0.15) is 5.82 Å². The zero-order chi connectivity index (χ0) is 26.0. The van der Waals surface area contributed by atoms with E-state index in [4.69, 9.17) is 9.97 Å². The number of hydrogen-bond donors (Lipinski definition) is 0. The number of pyridine rings is 2. The van der Waals surface area contributed by atoms with Crippen molar-refractivity contribution in [2.75, 3.05) is 0 Å². The SMILES string of the molecule is c1ccc(-c2cc(-c3ccc(-n4c5c(c6ccccc64)CCCCCC5)nc3)cc(-c3ccccc3)n2)cc1. The van der Waals surface area contributed by atoms with Crippen LogP contribution in [0.15, 0.2) is 115 Å². The predicted octanol–water partition coefficient (Wildman–Crippen LogP) is 9.08. The van der Waals surface area contributed by atoms with Gasteiger partial charge in [0.05, 0.1) is 16.9 Å². The Kier molecular flexibility index (Phi) is 6.26. The van der Waals surface area contributed by atoms with Gasteiger partial charge in [-0.2, -0.15) is 0 Å². The van der Waals surface area contributed by atoms with Gasteiger partial charge in [-0.25, -0.2) is 9.97 Å². The summed E-state index contributed by atoms with van der Waals surface area (Å²) in [4.78, 5) is 10.1. The van der Waals surface area contributed by atoms with Crippen molar-refractivity contribution >= 4 is 10.9 Å². The molecule has 0 saturated carbocycles. The third kappa shape index (κ3) is 4.55. The molecule has 3 nitrogen and oxygen atoms in total. The molecule has 6 aromatic rings. The Hall–Kier alpha value is -4.50. The number of para-hydroxylation sites is 1. The van der Waals surface area contributed by atoms with Crippen molar-refractivity contribution < 1.29 is 0 Å². The average molecular weight is 506 g/mol. The highest BCUT2D eigenvalue weighted by molar-refractivity contribution is 5.87. The summed E-state index contributed by atoms with van der Waals surface area (Å²) in [6.45, 7) is 0. The zero-order valence-electron chi connectivity index (χ0n) is 22.1. The minimum Gasteiger partial charge on any atom is -0.298 e. The predicted molar refractivity (Wildman–Crippen MR) is 161 cm³/mol. The molecule has 0 N–H and O–H groups in total. The van der Waals surface area contributed by atoms with Crippen molar-refractivity contribution in [3.05, 3.63) is 127 Å². The lowest BCUT2D eigenvalue weighted by molar-refractivity contribution is 0.608. The quantitative estimate of drug-likeness (QED) is 0.239. The second kappa shape index (κ2) is 10.3. The van der Waals surface area contributed by atoms with Crippen LogP contribution in [-0.2, 0) is 12.8 Å². The molecular formula is C36H31N3. The topological polar surface area (TPSA) is 30.7 Å². The van der Waals surface area contributed by atoms with Gasteiger partial charge < -0.3 is 0 Å². The summed E-state index contributed by atoms with van der Waals surface area (Å²) in [6.07, 6.45) is 9.43. The Balaban J connectivity index is 1.33. The summed E-state index contributed by atoms with van der Waals surface area (Å²) < 4.78 is 2.41. The lowest BCUT2D eigenvalue weighted by atomic mass is 9.97. The fraction of sp³-hybridized carbons (Fsp3) is 0.167. The van der Waals surface area contributed by atoms with Crippen LogP contribution in [0.3, 0.4) is 0 Å². The van der Waals surface area contributed by atoms with Gasteiger partial charge in [-0.05, 0) is 67.1 Å². The van der Waals surface area contributed by atoms with Gasteiger partial charge in [0.15, 0.2) is 0 Å². The van der Waals surface area contributed by atoms with Crippen LogP contribution in [0.2, 0.25) is 0 Å². The molecule has 1 aliphatic carbocycles. The van der Waals surface area contributed by atoms with E-state index in [2.05, 4.69) is 102 Å². The molecule has 7 rings (SSSR count). The molecule has 0 unspecified atom stereocenters. The average Bonchev–Trinajstić information content (AvgIpc) is 3.29. The maximum atomic E-state index is 5.06. The highest BCUT2D eigenvalue weighted by Gasteiger charge is 2.20. The van der Waals surface area contributed by atoms with Gasteiger partial charge in [-0.3, -0.25) is 4.57 Å². The largest absolute Gasteiger partial charge is 0.298 e. The van der Waals surface area contributed by atoms with E-state index in [9.17, 15) is 0 Å². The lowest BCUT2D eigenvalue weighted by Crippen LogP contribution is -2.06. The molecule has 0 aliphatic heterocycles. The zero-order valence-corrected chi connectivity index (χ0v) is 22.1. The van der Waals surface area contributed by atoms with Crippen LogP contribution >= 0.6 is 0 Å². The fourth-order valence-electron chi connectivity index (χ4n) is 6.01. The number of nitrogens with zero attached hydrogens (tertiary/aromatic N) is 3. The molecule has 0 amide bonds. The Bertz CT molecular complexity index is 1670. The van der Waals surface area contributed by atoms with E-state index in [1.807, 2.05) is 18.3 Å². The smallest absolute Gasteiger partial charge is 0.137 e. The van der Waals surface area contributed by atoms with Crippen LogP contribution in [0.5, 0.6) is 0 Å². The van der Waals surface area contributed by atoms with Gasteiger partial charge in [-0.1, -0.05) is 91.7 Å². The van der Waals surface area contributed by atoms with Gasteiger partial charge in [0.2, 0.25) is 0 Å². The maximum Gasteiger partial charge on any atom is 0.137 e. The van der Waals surface area contributed by atoms with Gasteiger partial charge in [0, 0.05) is 34.0 Å². The van der Waals surface area contributed by atoms with Crippen LogP contribution in [0.25, 0.3) is 50.4 Å². The number of aromatic nitrogens is 3. The highest BCUT2D eigenvalue weighted by Crippen LogP contribution is 2.34. The molecular weight excluding hydrogens is 474 g/mol. The number of aryl methyl sites for hydroxylation is 1. The first-order chi connectivity index (χ1) is 19.3. The molecule has 39 heavy (non-hydrogen) atoms. The van der Waals surface area contributed by atoms with Gasteiger partial charge >= 0.3 is 0 Å². The second-order valence-corrected chi connectivity index (χ2v) is 10.5. The molecule has 0 radical (unpaired) electrons. The lowest BCUT2D eigenvalue weighted by Gasteiger charge is -2.15. The molecule has 1 aliphatic rings. The van der Waals surface area contributed by atoms with Crippen molar-refractivity contribution in [1.29, 1.82) is 0 Å². The van der Waals surface area contributed by atoms with Crippen molar-refractivity contribution in [3.8, 4) is 39.5 Å². The molecule has 0 spiro atoms. The van der Waals surface area contributed by atoms with Crippen LogP contribution in [0, 0.1) is 0 Å². The first-order valence-corrected chi connectivity index (χ1v) is 14.1. The van der Waals surface area contributed by atoms with Gasteiger partial charge in [0.25, 0.3) is 0 Å². The maximum absolute atomic E-state index is 5.06. The molecule has 0 fully saturated rings. The van der Waals surface area contributed by atoms with Crippen LogP contribution < -0.4 is 0 Å². The number of fused-ring (bicyclic) bond motifs is 3. The first kappa shape index (κ1) is 23.6. The summed E-state index contributed by atoms with van der Waals surface area (Å²) >= 11 is 0. The monoisotopic (exact) mass is 505 g/mol. The number of benzene rings is 3. The van der Waals surface area contributed by atoms with Crippen molar-refractivity contribution in [2.24, 2.45) is 0 Å².